The van der Waals surface area contributed by atoms with E-state index < -0.39 is 11.6 Å². The van der Waals surface area contributed by atoms with E-state index in [-0.39, 0.29) is 10.5 Å². The van der Waals surface area contributed by atoms with Gasteiger partial charge in [0.1, 0.15) is 23.0 Å². The fraction of sp³-hybridized carbons (Fsp3) is 0.0500. The van der Waals surface area contributed by atoms with E-state index in [1.165, 1.54) is 18.2 Å². The largest absolute Gasteiger partial charge is 0.373 e. The summed E-state index contributed by atoms with van der Waals surface area (Å²) in [7, 11) is 1.69. The van der Waals surface area contributed by atoms with Crippen molar-refractivity contribution in [2.75, 3.05) is 12.4 Å². The Hall–Kier alpha value is -3.12. The van der Waals surface area contributed by atoms with E-state index >= 15 is 0 Å². The van der Waals surface area contributed by atoms with Gasteiger partial charge in [0.15, 0.2) is 5.82 Å². The Labute approximate surface area is 158 Å². The van der Waals surface area contributed by atoms with Crippen LogP contribution in [0.15, 0.2) is 54.9 Å². The lowest BCUT2D eigenvalue weighted by atomic mass is 10.0. The van der Waals surface area contributed by atoms with E-state index in [1.54, 1.807) is 43.7 Å². The van der Waals surface area contributed by atoms with Gasteiger partial charge in [0.2, 0.25) is 0 Å². The Balaban J connectivity index is 1.97. The monoisotopic (exact) mass is 382 g/mol. The molecule has 2 aromatic carbocycles. The van der Waals surface area contributed by atoms with E-state index in [4.69, 9.17) is 11.6 Å². The summed E-state index contributed by atoms with van der Waals surface area (Å²) >= 11 is 6.06. The van der Waals surface area contributed by atoms with Crippen molar-refractivity contribution >= 4 is 28.3 Å². The van der Waals surface area contributed by atoms with Crippen LogP contribution in [0.1, 0.15) is 0 Å². The number of pyridine rings is 1. The first-order valence-electron chi connectivity index (χ1n) is 8.12. The number of benzene rings is 2. The third-order valence-electron chi connectivity index (χ3n) is 4.17. The van der Waals surface area contributed by atoms with E-state index in [9.17, 15) is 8.78 Å². The second-order valence-corrected chi connectivity index (χ2v) is 6.22. The number of halogens is 3. The Morgan fingerprint density at radius 1 is 0.963 bits per heavy atom. The van der Waals surface area contributed by atoms with E-state index in [0.29, 0.717) is 33.7 Å². The van der Waals surface area contributed by atoms with Crippen LogP contribution >= 0.6 is 11.6 Å². The molecule has 0 atom stereocenters. The molecule has 0 aliphatic carbocycles. The maximum Gasteiger partial charge on any atom is 0.163 e. The summed E-state index contributed by atoms with van der Waals surface area (Å²) < 4.78 is 28.7. The SMILES string of the molecule is CNc1nc(-c2cccnc2)nc2c(F)cc(-c3cccc(F)c3Cl)cc12. The molecule has 1 N–H and O–H groups in total. The second kappa shape index (κ2) is 6.89. The van der Waals surface area contributed by atoms with Crippen molar-refractivity contribution in [2.45, 2.75) is 0 Å². The van der Waals surface area contributed by atoms with Crippen LogP contribution in [0.3, 0.4) is 0 Å². The maximum absolute atomic E-state index is 14.9. The van der Waals surface area contributed by atoms with Gasteiger partial charge in [0, 0.05) is 36.0 Å². The zero-order chi connectivity index (χ0) is 19.0. The molecule has 7 heteroatoms. The quantitative estimate of drug-likeness (QED) is 0.520. The molecule has 0 saturated heterocycles. The molecule has 27 heavy (non-hydrogen) atoms. The molecule has 0 saturated carbocycles. The molecule has 0 amide bonds. The van der Waals surface area contributed by atoms with Gasteiger partial charge in [-0.15, -0.1) is 0 Å². The van der Waals surface area contributed by atoms with Gasteiger partial charge >= 0.3 is 0 Å². The number of rotatable bonds is 3. The third-order valence-corrected chi connectivity index (χ3v) is 4.56. The highest BCUT2D eigenvalue weighted by Gasteiger charge is 2.16. The van der Waals surface area contributed by atoms with Gasteiger partial charge < -0.3 is 5.32 Å². The molecule has 4 nitrogen and oxygen atoms in total. The Bertz CT molecular complexity index is 1150. The fourth-order valence-corrected chi connectivity index (χ4v) is 3.12. The lowest BCUT2D eigenvalue weighted by molar-refractivity contribution is 0.628. The molecule has 4 aromatic rings. The van der Waals surface area contributed by atoms with Gasteiger partial charge in [-0.1, -0.05) is 23.7 Å². The van der Waals surface area contributed by atoms with Crippen LogP contribution in [0.4, 0.5) is 14.6 Å². The zero-order valence-electron chi connectivity index (χ0n) is 14.2. The van der Waals surface area contributed by atoms with Crippen LogP contribution in [-0.4, -0.2) is 22.0 Å². The third kappa shape index (κ3) is 3.08. The predicted molar refractivity (Wildman–Crippen MR) is 103 cm³/mol. The topological polar surface area (TPSA) is 50.7 Å². The predicted octanol–water partition coefficient (Wildman–Crippen LogP) is 5.33. The van der Waals surface area contributed by atoms with Crippen molar-refractivity contribution in [3.05, 3.63) is 71.5 Å². The molecule has 134 valence electrons. The van der Waals surface area contributed by atoms with Crippen LogP contribution in [0.2, 0.25) is 5.02 Å². The van der Waals surface area contributed by atoms with Gasteiger partial charge in [-0.25, -0.2) is 18.7 Å². The minimum Gasteiger partial charge on any atom is -0.373 e. The second-order valence-electron chi connectivity index (χ2n) is 5.84. The first kappa shape index (κ1) is 17.3. The zero-order valence-corrected chi connectivity index (χ0v) is 14.9. The molecule has 0 radical (unpaired) electrons. The molecule has 0 aliphatic heterocycles. The molecule has 0 unspecified atom stereocenters. The highest BCUT2D eigenvalue weighted by Crippen LogP contribution is 2.35. The maximum atomic E-state index is 14.9. The van der Waals surface area contributed by atoms with E-state index in [2.05, 4.69) is 20.3 Å². The number of hydrogen-bond acceptors (Lipinski definition) is 4. The van der Waals surface area contributed by atoms with Crippen molar-refractivity contribution in [1.82, 2.24) is 15.0 Å². The highest BCUT2D eigenvalue weighted by molar-refractivity contribution is 6.33. The molecule has 0 aliphatic rings. The normalized spacial score (nSPS) is 11.0. The van der Waals surface area contributed by atoms with Gasteiger partial charge in [-0.05, 0) is 35.9 Å². The minimum absolute atomic E-state index is 0.0600. The number of hydrogen-bond donors (Lipinski definition) is 1. The summed E-state index contributed by atoms with van der Waals surface area (Å²) in [6.07, 6.45) is 3.25. The average molecular weight is 383 g/mol. The molecule has 4 rings (SSSR count). The van der Waals surface area contributed by atoms with Crippen LogP contribution in [0.25, 0.3) is 33.4 Å². The summed E-state index contributed by atoms with van der Waals surface area (Å²) in [6, 6.07) is 11.0. The van der Waals surface area contributed by atoms with Crippen LogP contribution in [0, 0.1) is 11.6 Å². The summed E-state index contributed by atoms with van der Waals surface area (Å²) in [6.45, 7) is 0. The molecular weight excluding hydrogens is 370 g/mol. The summed E-state index contributed by atoms with van der Waals surface area (Å²) in [5.74, 6) is -0.305. The van der Waals surface area contributed by atoms with Gasteiger partial charge in [0.25, 0.3) is 0 Å². The average Bonchev–Trinajstić information content (AvgIpc) is 2.70. The van der Waals surface area contributed by atoms with Gasteiger partial charge in [-0.2, -0.15) is 0 Å². The molecule has 0 bridgehead atoms. The first-order valence-corrected chi connectivity index (χ1v) is 8.50. The smallest absolute Gasteiger partial charge is 0.163 e. The lowest BCUT2D eigenvalue weighted by Gasteiger charge is -2.12. The number of nitrogens with one attached hydrogen (secondary N) is 1. The molecular formula is C20H13ClF2N4. The fourth-order valence-electron chi connectivity index (χ4n) is 2.89. The van der Waals surface area contributed by atoms with E-state index in [1.807, 2.05) is 0 Å². The minimum atomic E-state index is -0.563. The molecule has 2 heterocycles. The standard InChI is InChI=1S/C20H13ClF2N4/c1-24-20-14-8-12(13-5-2-6-15(22)17(13)21)9-16(23)18(14)26-19(27-20)11-4-3-7-25-10-11/h2-10H,1H3,(H,24,26,27). The van der Waals surface area contributed by atoms with Crippen LogP contribution in [0.5, 0.6) is 0 Å². The van der Waals surface area contributed by atoms with Crippen molar-refractivity contribution in [3.8, 4) is 22.5 Å². The number of aromatic nitrogens is 3. The van der Waals surface area contributed by atoms with Crippen LogP contribution < -0.4 is 5.32 Å². The van der Waals surface area contributed by atoms with E-state index in [0.717, 1.165) is 0 Å². The van der Waals surface area contributed by atoms with Crippen LogP contribution in [-0.2, 0) is 0 Å². The summed E-state index contributed by atoms with van der Waals surface area (Å²) in [5.41, 5.74) is 1.67. The van der Waals surface area contributed by atoms with Crippen molar-refractivity contribution in [1.29, 1.82) is 0 Å². The lowest BCUT2D eigenvalue weighted by Crippen LogP contribution is -2.01. The Kier molecular flexibility index (Phi) is 4.41. The number of nitrogens with zero attached hydrogens (tertiary/aromatic N) is 3. The van der Waals surface area contributed by atoms with Crippen molar-refractivity contribution in [2.24, 2.45) is 0 Å². The molecule has 0 spiro atoms. The molecule has 0 fully saturated rings. The van der Waals surface area contributed by atoms with Gasteiger partial charge in [0.05, 0.1) is 5.02 Å². The number of anilines is 1. The van der Waals surface area contributed by atoms with Crippen molar-refractivity contribution < 1.29 is 8.78 Å². The first-order chi connectivity index (χ1) is 13.1. The summed E-state index contributed by atoms with van der Waals surface area (Å²) in [5, 5.41) is 3.38. The number of fused-ring (bicyclic) bond motifs is 1. The highest BCUT2D eigenvalue weighted by atomic mass is 35.5. The molecule has 2 aromatic heterocycles. The van der Waals surface area contributed by atoms with Crippen molar-refractivity contribution in [3.63, 3.8) is 0 Å². The Morgan fingerprint density at radius 2 is 1.81 bits per heavy atom. The summed E-state index contributed by atoms with van der Waals surface area (Å²) in [4.78, 5) is 12.9. The Morgan fingerprint density at radius 3 is 2.56 bits per heavy atom. The van der Waals surface area contributed by atoms with Gasteiger partial charge in [-0.3, -0.25) is 4.98 Å².